The van der Waals surface area contributed by atoms with Crippen molar-refractivity contribution in [3.8, 4) is 0 Å². The zero-order chi connectivity index (χ0) is 19.2. The Hall–Kier alpha value is -1.44. The van der Waals surface area contributed by atoms with Crippen LogP contribution in [0.5, 0.6) is 0 Å². The van der Waals surface area contributed by atoms with Crippen molar-refractivity contribution in [2.24, 2.45) is 5.92 Å². The van der Waals surface area contributed by atoms with E-state index in [9.17, 15) is 13.2 Å². The van der Waals surface area contributed by atoms with Gasteiger partial charge in [0.25, 0.3) is 5.91 Å². The molecular weight excluding hydrogens is 352 g/mol. The Balaban J connectivity index is 2.02. The van der Waals surface area contributed by atoms with E-state index in [-0.39, 0.29) is 16.8 Å². The van der Waals surface area contributed by atoms with Crippen LogP contribution in [0.1, 0.15) is 50.4 Å². The molecule has 1 N–H and O–H groups in total. The molecule has 1 heterocycles. The van der Waals surface area contributed by atoms with Crippen LogP contribution in [0.25, 0.3) is 0 Å². The number of nitrogens with one attached hydrogen (secondary N) is 1. The van der Waals surface area contributed by atoms with Gasteiger partial charge >= 0.3 is 0 Å². The molecule has 2 rings (SSSR count). The normalized spacial score (nSPS) is 17.2. The summed E-state index contributed by atoms with van der Waals surface area (Å²) in [5.41, 5.74) is 0.370. The summed E-state index contributed by atoms with van der Waals surface area (Å²) < 4.78 is 32.1. The van der Waals surface area contributed by atoms with Gasteiger partial charge in [-0.25, -0.2) is 8.42 Å². The summed E-state index contributed by atoms with van der Waals surface area (Å²) in [4.78, 5) is 12.6. The molecule has 1 unspecified atom stereocenters. The molecule has 0 spiro atoms. The first-order valence-electron chi connectivity index (χ1n) is 9.29. The molecule has 0 radical (unpaired) electrons. The Bertz CT molecular complexity index is 697. The van der Waals surface area contributed by atoms with Gasteiger partial charge in [0.1, 0.15) is 0 Å². The van der Waals surface area contributed by atoms with E-state index in [1.54, 1.807) is 12.1 Å². The number of benzene rings is 1. The third kappa shape index (κ3) is 5.79. The number of ether oxygens (including phenoxy) is 1. The molecule has 0 bridgehead atoms. The summed E-state index contributed by atoms with van der Waals surface area (Å²) >= 11 is 0. The van der Waals surface area contributed by atoms with E-state index in [0.29, 0.717) is 37.8 Å². The first kappa shape index (κ1) is 20.9. The van der Waals surface area contributed by atoms with E-state index in [1.807, 2.05) is 6.92 Å². The molecular formula is C19H30N2O4S. The molecule has 1 aliphatic heterocycles. The largest absolute Gasteiger partial charge is 0.379 e. The second kappa shape index (κ2) is 9.48. The number of nitrogens with zero attached hydrogens (tertiary/aromatic N) is 1. The number of carbonyl (C=O) groups is 1. The average Bonchev–Trinajstić information content (AvgIpc) is 2.62. The molecule has 7 heteroatoms. The van der Waals surface area contributed by atoms with Crippen molar-refractivity contribution >= 4 is 15.9 Å². The van der Waals surface area contributed by atoms with Gasteiger partial charge in [0.2, 0.25) is 10.0 Å². The fraction of sp³-hybridized carbons (Fsp3) is 0.632. The van der Waals surface area contributed by atoms with Crippen LogP contribution >= 0.6 is 0 Å². The first-order chi connectivity index (χ1) is 12.3. The molecule has 1 saturated heterocycles. The lowest BCUT2D eigenvalue weighted by Crippen LogP contribution is -2.40. The van der Waals surface area contributed by atoms with Gasteiger partial charge in [0, 0.05) is 24.7 Å². The van der Waals surface area contributed by atoms with Gasteiger partial charge in [0.05, 0.1) is 18.1 Å². The topological polar surface area (TPSA) is 75.7 Å². The Labute approximate surface area is 157 Å². The smallest absolute Gasteiger partial charge is 0.251 e. The van der Waals surface area contributed by atoms with Crippen LogP contribution in [0, 0.1) is 5.92 Å². The van der Waals surface area contributed by atoms with Crippen LogP contribution < -0.4 is 5.32 Å². The van der Waals surface area contributed by atoms with Crippen molar-refractivity contribution in [1.82, 2.24) is 9.62 Å². The zero-order valence-corrected chi connectivity index (χ0v) is 16.7. The summed E-state index contributed by atoms with van der Waals surface area (Å²) in [6, 6.07) is 6.31. The molecule has 1 atom stereocenters. The van der Waals surface area contributed by atoms with Crippen molar-refractivity contribution in [1.29, 1.82) is 0 Å². The SMILES string of the molecule is CC(C)CCCC(C)NC(=O)c1cccc(S(=O)(=O)N2CCOCC2)c1. The van der Waals surface area contributed by atoms with Crippen LogP contribution in [0.2, 0.25) is 0 Å². The van der Waals surface area contributed by atoms with Crippen molar-refractivity contribution in [2.45, 2.75) is 51.0 Å². The molecule has 0 saturated carbocycles. The fourth-order valence-corrected chi connectivity index (χ4v) is 4.40. The highest BCUT2D eigenvalue weighted by Gasteiger charge is 2.27. The van der Waals surface area contributed by atoms with Gasteiger partial charge in [0.15, 0.2) is 0 Å². The minimum Gasteiger partial charge on any atom is -0.379 e. The summed E-state index contributed by atoms with van der Waals surface area (Å²) in [6.07, 6.45) is 3.10. The highest BCUT2D eigenvalue weighted by Crippen LogP contribution is 2.18. The number of hydrogen-bond acceptors (Lipinski definition) is 4. The fourth-order valence-electron chi connectivity index (χ4n) is 2.95. The lowest BCUT2D eigenvalue weighted by Gasteiger charge is -2.26. The van der Waals surface area contributed by atoms with E-state index in [0.717, 1.165) is 19.3 Å². The number of hydrogen-bond donors (Lipinski definition) is 1. The van der Waals surface area contributed by atoms with Gasteiger partial charge in [-0.05, 0) is 37.5 Å². The summed E-state index contributed by atoms with van der Waals surface area (Å²) in [7, 11) is -3.60. The van der Waals surface area contributed by atoms with Crippen molar-refractivity contribution < 1.29 is 17.9 Å². The van der Waals surface area contributed by atoms with E-state index in [2.05, 4.69) is 19.2 Å². The monoisotopic (exact) mass is 382 g/mol. The highest BCUT2D eigenvalue weighted by atomic mass is 32.2. The number of sulfonamides is 1. The van der Waals surface area contributed by atoms with Crippen molar-refractivity contribution in [2.75, 3.05) is 26.3 Å². The van der Waals surface area contributed by atoms with Crippen LogP contribution in [0.4, 0.5) is 0 Å². The quantitative estimate of drug-likeness (QED) is 0.750. The number of amides is 1. The summed E-state index contributed by atoms with van der Waals surface area (Å²) in [5.74, 6) is 0.418. The number of morpholine rings is 1. The second-order valence-electron chi connectivity index (χ2n) is 7.24. The van der Waals surface area contributed by atoms with Gasteiger partial charge in [-0.3, -0.25) is 4.79 Å². The third-order valence-corrected chi connectivity index (χ3v) is 6.39. The minimum absolute atomic E-state index is 0.0563. The Morgan fingerprint density at radius 2 is 1.88 bits per heavy atom. The van der Waals surface area contributed by atoms with E-state index in [4.69, 9.17) is 4.74 Å². The molecule has 1 aliphatic rings. The maximum atomic E-state index is 12.7. The number of carbonyl (C=O) groups excluding carboxylic acids is 1. The van der Waals surface area contributed by atoms with Crippen molar-refractivity contribution in [3.63, 3.8) is 0 Å². The molecule has 1 fully saturated rings. The standard InChI is InChI=1S/C19H30N2O4S/c1-15(2)6-4-7-16(3)20-19(22)17-8-5-9-18(14-17)26(23,24)21-10-12-25-13-11-21/h5,8-9,14-16H,4,6-7,10-13H2,1-3H3,(H,20,22). The van der Waals surface area contributed by atoms with Gasteiger partial charge < -0.3 is 10.1 Å². The molecule has 146 valence electrons. The Kier molecular flexibility index (Phi) is 7.61. The average molecular weight is 383 g/mol. The summed E-state index contributed by atoms with van der Waals surface area (Å²) in [6.45, 7) is 7.82. The molecule has 26 heavy (non-hydrogen) atoms. The summed E-state index contributed by atoms with van der Waals surface area (Å²) in [5, 5.41) is 2.96. The van der Waals surface area contributed by atoms with E-state index < -0.39 is 10.0 Å². The minimum atomic E-state index is -3.60. The molecule has 1 amide bonds. The van der Waals surface area contributed by atoms with E-state index >= 15 is 0 Å². The Morgan fingerprint density at radius 1 is 1.19 bits per heavy atom. The predicted octanol–water partition coefficient (Wildman–Crippen LogP) is 2.65. The van der Waals surface area contributed by atoms with Gasteiger partial charge in [-0.15, -0.1) is 0 Å². The second-order valence-corrected chi connectivity index (χ2v) is 9.18. The predicted molar refractivity (Wildman–Crippen MR) is 102 cm³/mol. The van der Waals surface area contributed by atoms with Crippen LogP contribution in [0.3, 0.4) is 0 Å². The first-order valence-corrected chi connectivity index (χ1v) is 10.7. The molecule has 1 aromatic rings. The van der Waals surface area contributed by atoms with Crippen LogP contribution in [-0.2, 0) is 14.8 Å². The maximum absolute atomic E-state index is 12.7. The molecule has 0 aliphatic carbocycles. The zero-order valence-electron chi connectivity index (χ0n) is 15.9. The maximum Gasteiger partial charge on any atom is 0.251 e. The Morgan fingerprint density at radius 3 is 2.54 bits per heavy atom. The van der Waals surface area contributed by atoms with Crippen molar-refractivity contribution in [3.05, 3.63) is 29.8 Å². The highest BCUT2D eigenvalue weighted by molar-refractivity contribution is 7.89. The van der Waals surface area contributed by atoms with Gasteiger partial charge in [-0.1, -0.05) is 32.8 Å². The number of rotatable bonds is 8. The molecule has 0 aromatic heterocycles. The van der Waals surface area contributed by atoms with Gasteiger partial charge in [-0.2, -0.15) is 4.31 Å². The van der Waals surface area contributed by atoms with Crippen LogP contribution in [-0.4, -0.2) is 51.0 Å². The third-order valence-electron chi connectivity index (χ3n) is 4.50. The lowest BCUT2D eigenvalue weighted by molar-refractivity contribution is 0.0730. The molecule has 1 aromatic carbocycles. The lowest BCUT2D eigenvalue weighted by atomic mass is 10.0. The van der Waals surface area contributed by atoms with Crippen LogP contribution in [0.15, 0.2) is 29.2 Å². The molecule has 6 nitrogen and oxygen atoms in total. The van der Waals surface area contributed by atoms with E-state index in [1.165, 1.54) is 16.4 Å².